The van der Waals surface area contributed by atoms with Crippen LogP contribution in [-0.2, 0) is 6.42 Å². The van der Waals surface area contributed by atoms with Gasteiger partial charge in [-0.1, -0.05) is 23.2 Å². The maximum absolute atomic E-state index is 6.31. The summed E-state index contributed by atoms with van der Waals surface area (Å²) in [7, 11) is 1.64. The lowest BCUT2D eigenvalue weighted by molar-refractivity contribution is 0.408. The van der Waals surface area contributed by atoms with E-state index in [2.05, 4.69) is 22.6 Å². The highest BCUT2D eigenvalue weighted by Gasteiger charge is 2.14. The number of ether oxygens (including phenoxy) is 1. The third-order valence-electron chi connectivity index (χ3n) is 3.04. The molecule has 2 rings (SSSR count). The lowest BCUT2D eigenvalue weighted by Crippen LogP contribution is -2.15. The molecule has 0 aliphatic heterocycles. The second kappa shape index (κ2) is 6.98. The molecule has 2 nitrogen and oxygen atoms in total. The molecule has 1 atom stereocenters. The quantitative estimate of drug-likeness (QED) is 0.716. The molecular weight excluding hydrogens is 408 g/mol. The van der Waals surface area contributed by atoms with Gasteiger partial charge in [0.15, 0.2) is 0 Å². The van der Waals surface area contributed by atoms with Crippen LogP contribution in [0.4, 0.5) is 0 Å². The summed E-state index contributed by atoms with van der Waals surface area (Å²) in [6.07, 6.45) is 0.639. The zero-order chi connectivity index (χ0) is 14.7. The van der Waals surface area contributed by atoms with E-state index in [0.29, 0.717) is 16.5 Å². The number of hydrogen-bond acceptors (Lipinski definition) is 2. The van der Waals surface area contributed by atoms with Gasteiger partial charge in [-0.3, -0.25) is 0 Å². The standard InChI is InChI=1S/C15H14Cl2INO/c1-20-15-5-3-10(16)6-9(15)7-14(19)12-8-11(17)2-4-13(12)18/h2-6,8,14H,7,19H2,1H3. The van der Waals surface area contributed by atoms with E-state index in [-0.39, 0.29) is 6.04 Å². The highest BCUT2D eigenvalue weighted by atomic mass is 127. The minimum absolute atomic E-state index is 0.159. The van der Waals surface area contributed by atoms with E-state index in [1.54, 1.807) is 13.2 Å². The first-order chi connectivity index (χ1) is 9.51. The SMILES string of the molecule is COc1ccc(Cl)cc1CC(N)c1cc(Cl)ccc1I. The molecule has 0 saturated heterocycles. The van der Waals surface area contributed by atoms with Gasteiger partial charge in [0.2, 0.25) is 0 Å². The first kappa shape index (κ1) is 15.9. The van der Waals surface area contributed by atoms with E-state index in [1.165, 1.54) is 0 Å². The highest BCUT2D eigenvalue weighted by Crippen LogP contribution is 2.29. The Morgan fingerprint density at radius 3 is 2.50 bits per heavy atom. The number of methoxy groups -OCH3 is 1. The Hall–Kier alpha value is -0.490. The van der Waals surface area contributed by atoms with E-state index >= 15 is 0 Å². The Morgan fingerprint density at radius 1 is 1.15 bits per heavy atom. The molecule has 0 bridgehead atoms. The summed E-state index contributed by atoms with van der Waals surface area (Å²) >= 11 is 14.3. The molecule has 0 aromatic heterocycles. The Morgan fingerprint density at radius 2 is 1.80 bits per heavy atom. The molecule has 0 aliphatic rings. The van der Waals surface area contributed by atoms with Gasteiger partial charge in [0, 0.05) is 19.7 Å². The van der Waals surface area contributed by atoms with Crippen LogP contribution in [0.15, 0.2) is 36.4 Å². The van der Waals surface area contributed by atoms with Gasteiger partial charge in [0.25, 0.3) is 0 Å². The maximum atomic E-state index is 6.31. The van der Waals surface area contributed by atoms with Gasteiger partial charge in [-0.25, -0.2) is 0 Å². The van der Waals surface area contributed by atoms with Gasteiger partial charge in [-0.05, 0) is 76.5 Å². The summed E-state index contributed by atoms with van der Waals surface area (Å²) in [4.78, 5) is 0. The van der Waals surface area contributed by atoms with Crippen LogP contribution in [-0.4, -0.2) is 7.11 Å². The van der Waals surface area contributed by atoms with Crippen LogP contribution in [0.1, 0.15) is 17.2 Å². The first-order valence-electron chi connectivity index (χ1n) is 6.04. The Bertz CT molecular complexity index is 619. The molecule has 0 aliphatic carbocycles. The summed E-state index contributed by atoms with van der Waals surface area (Å²) in [5.74, 6) is 0.793. The average molecular weight is 422 g/mol. The van der Waals surface area contributed by atoms with E-state index in [9.17, 15) is 0 Å². The van der Waals surface area contributed by atoms with Crippen LogP contribution in [0.3, 0.4) is 0 Å². The summed E-state index contributed by atoms with van der Waals surface area (Å²) in [6.45, 7) is 0. The molecule has 5 heteroatoms. The van der Waals surface area contributed by atoms with Crippen molar-refractivity contribution in [1.29, 1.82) is 0 Å². The molecule has 0 amide bonds. The van der Waals surface area contributed by atoms with Crippen LogP contribution in [0, 0.1) is 3.57 Å². The van der Waals surface area contributed by atoms with Crippen LogP contribution in [0.25, 0.3) is 0 Å². The van der Waals surface area contributed by atoms with Gasteiger partial charge < -0.3 is 10.5 Å². The number of benzene rings is 2. The van der Waals surface area contributed by atoms with Crippen molar-refractivity contribution in [1.82, 2.24) is 0 Å². The monoisotopic (exact) mass is 421 g/mol. The van der Waals surface area contributed by atoms with E-state index in [0.717, 1.165) is 20.4 Å². The largest absolute Gasteiger partial charge is 0.496 e. The molecule has 2 aromatic rings. The molecule has 20 heavy (non-hydrogen) atoms. The van der Waals surface area contributed by atoms with Gasteiger partial charge in [0.1, 0.15) is 5.75 Å². The van der Waals surface area contributed by atoms with Crippen LogP contribution < -0.4 is 10.5 Å². The van der Waals surface area contributed by atoms with Crippen molar-refractivity contribution in [3.05, 3.63) is 61.1 Å². The zero-order valence-electron chi connectivity index (χ0n) is 10.9. The minimum atomic E-state index is -0.159. The van der Waals surface area contributed by atoms with E-state index in [4.69, 9.17) is 33.7 Å². The molecule has 2 N–H and O–H groups in total. The van der Waals surface area contributed by atoms with Crippen molar-refractivity contribution in [3.8, 4) is 5.75 Å². The molecule has 0 saturated carbocycles. The second-order valence-corrected chi connectivity index (χ2v) is 6.47. The topological polar surface area (TPSA) is 35.2 Å². The van der Waals surface area contributed by atoms with Crippen LogP contribution in [0.5, 0.6) is 5.75 Å². The van der Waals surface area contributed by atoms with Crippen molar-refractivity contribution >= 4 is 45.8 Å². The van der Waals surface area contributed by atoms with Crippen molar-refractivity contribution < 1.29 is 4.74 Å². The van der Waals surface area contributed by atoms with Gasteiger partial charge >= 0.3 is 0 Å². The van der Waals surface area contributed by atoms with Gasteiger partial charge in [0.05, 0.1) is 7.11 Å². The Kier molecular flexibility index (Phi) is 5.55. The lowest BCUT2D eigenvalue weighted by Gasteiger charge is -2.16. The third-order valence-corrected chi connectivity index (χ3v) is 4.49. The maximum Gasteiger partial charge on any atom is 0.122 e. The molecule has 1 unspecified atom stereocenters. The fourth-order valence-corrected chi connectivity index (χ4v) is 3.16. The zero-order valence-corrected chi connectivity index (χ0v) is 14.5. The predicted octanol–water partition coefficient (Wildman–Crippen LogP) is 4.85. The fourth-order valence-electron chi connectivity index (χ4n) is 2.05. The smallest absolute Gasteiger partial charge is 0.122 e. The van der Waals surface area contributed by atoms with Crippen molar-refractivity contribution in [2.24, 2.45) is 5.73 Å². The first-order valence-corrected chi connectivity index (χ1v) is 7.87. The highest BCUT2D eigenvalue weighted by molar-refractivity contribution is 14.1. The number of hydrogen-bond donors (Lipinski definition) is 1. The van der Waals surface area contributed by atoms with E-state index < -0.39 is 0 Å². The molecule has 0 heterocycles. The van der Waals surface area contributed by atoms with Crippen LogP contribution >= 0.6 is 45.8 Å². The summed E-state index contributed by atoms with van der Waals surface area (Å²) in [5.41, 5.74) is 8.33. The number of nitrogens with two attached hydrogens (primary N) is 1. The van der Waals surface area contributed by atoms with Crippen LogP contribution in [0.2, 0.25) is 10.0 Å². The van der Waals surface area contributed by atoms with Gasteiger partial charge in [-0.15, -0.1) is 0 Å². The predicted molar refractivity (Wildman–Crippen MR) is 92.8 cm³/mol. The van der Waals surface area contributed by atoms with Crippen molar-refractivity contribution in [2.75, 3.05) is 7.11 Å². The molecule has 106 valence electrons. The second-order valence-electron chi connectivity index (χ2n) is 4.43. The summed E-state index contributed by atoms with van der Waals surface area (Å²) in [5, 5.41) is 1.36. The summed E-state index contributed by atoms with van der Waals surface area (Å²) < 4.78 is 6.45. The fraction of sp³-hybridized carbons (Fsp3) is 0.200. The van der Waals surface area contributed by atoms with Gasteiger partial charge in [-0.2, -0.15) is 0 Å². The molecule has 2 aromatic carbocycles. The Balaban J connectivity index is 2.29. The Labute approximate surface area is 142 Å². The summed E-state index contributed by atoms with van der Waals surface area (Å²) in [6, 6.07) is 11.1. The molecular formula is C15H14Cl2INO. The molecule has 0 fully saturated rings. The normalized spacial score (nSPS) is 12.2. The third kappa shape index (κ3) is 3.79. The molecule has 0 spiro atoms. The van der Waals surface area contributed by atoms with E-state index in [1.807, 2.05) is 30.3 Å². The molecule has 0 radical (unpaired) electrons. The van der Waals surface area contributed by atoms with Crippen molar-refractivity contribution in [2.45, 2.75) is 12.5 Å². The van der Waals surface area contributed by atoms with Crippen molar-refractivity contribution in [3.63, 3.8) is 0 Å². The minimum Gasteiger partial charge on any atom is -0.496 e. The number of rotatable bonds is 4. The lowest BCUT2D eigenvalue weighted by atomic mass is 9.99. The average Bonchev–Trinajstić information content (AvgIpc) is 2.41. The number of halogens is 3.